The predicted octanol–water partition coefficient (Wildman–Crippen LogP) is 3.88. The number of hydrogen-bond acceptors (Lipinski definition) is 5. The van der Waals surface area contributed by atoms with Gasteiger partial charge in [-0.3, -0.25) is 19.4 Å². The first-order valence-corrected chi connectivity index (χ1v) is 10.5. The van der Waals surface area contributed by atoms with Crippen LogP contribution < -0.4 is 0 Å². The summed E-state index contributed by atoms with van der Waals surface area (Å²) in [6, 6.07) is 5.74. The van der Waals surface area contributed by atoms with Crippen molar-refractivity contribution in [2.24, 2.45) is 7.05 Å². The number of ketones is 1. The molecule has 0 amide bonds. The van der Waals surface area contributed by atoms with Crippen LogP contribution in [0.3, 0.4) is 0 Å². The molecule has 6 nitrogen and oxygen atoms in total. The van der Waals surface area contributed by atoms with Gasteiger partial charge in [0, 0.05) is 30.7 Å². The van der Waals surface area contributed by atoms with E-state index in [1.807, 2.05) is 30.1 Å². The number of rotatable bonds is 6. The summed E-state index contributed by atoms with van der Waals surface area (Å²) in [4.78, 5) is 23.7. The van der Waals surface area contributed by atoms with Crippen LogP contribution in [0, 0.1) is 0 Å². The van der Waals surface area contributed by atoms with Crippen LogP contribution in [0.4, 0.5) is 4.39 Å². The number of Topliss-reactive ketones (excluding diaryl/α,β-unsaturated/α-hetero) is 1. The van der Waals surface area contributed by atoms with E-state index in [0.29, 0.717) is 5.69 Å². The number of carbonyl (C=O) groups excluding carboxylic acids is 1. The van der Waals surface area contributed by atoms with Crippen LogP contribution in [0.2, 0.25) is 0 Å². The monoisotopic (exact) mass is 409 g/mol. The molecule has 0 saturated carbocycles. The van der Waals surface area contributed by atoms with Gasteiger partial charge in [-0.1, -0.05) is 6.42 Å². The maximum absolute atomic E-state index is 13.9. The van der Waals surface area contributed by atoms with Gasteiger partial charge in [0.25, 0.3) is 0 Å². The Morgan fingerprint density at radius 1 is 1.17 bits per heavy atom. The number of carbonyl (C=O) groups is 1. The predicted molar refractivity (Wildman–Crippen MR) is 115 cm³/mol. The Morgan fingerprint density at radius 2 is 1.93 bits per heavy atom. The molecule has 0 unspecified atom stereocenters. The van der Waals surface area contributed by atoms with E-state index >= 15 is 0 Å². The summed E-state index contributed by atoms with van der Waals surface area (Å²) >= 11 is 0. The Balaban J connectivity index is 1.64. The minimum Gasteiger partial charge on any atom is -0.298 e. The molecule has 3 aromatic heterocycles. The normalized spacial score (nSPS) is 15.6. The molecule has 158 valence electrons. The van der Waals surface area contributed by atoms with E-state index in [1.165, 1.54) is 33.1 Å². The molecule has 1 fully saturated rings. The summed E-state index contributed by atoms with van der Waals surface area (Å²) < 4.78 is 15.8. The molecule has 0 atom stereocenters. The van der Waals surface area contributed by atoms with E-state index in [4.69, 9.17) is 4.98 Å². The summed E-state index contributed by atoms with van der Waals surface area (Å²) in [5, 5.41) is 5.36. The molecule has 3 aromatic rings. The summed E-state index contributed by atoms with van der Waals surface area (Å²) in [5.41, 5.74) is 2.41. The van der Waals surface area contributed by atoms with Crippen molar-refractivity contribution in [3.63, 3.8) is 0 Å². The summed E-state index contributed by atoms with van der Waals surface area (Å²) in [6.07, 6.45) is 7.30. The highest BCUT2D eigenvalue weighted by Gasteiger charge is 2.26. The molecule has 7 heteroatoms. The number of halogens is 1. The fraction of sp³-hybridized carbons (Fsp3) is 0.478. The lowest BCUT2D eigenvalue weighted by atomic mass is 10.0. The van der Waals surface area contributed by atoms with Crippen LogP contribution in [0.15, 0.2) is 30.6 Å². The Hall–Kier alpha value is -2.67. The second-order valence-corrected chi connectivity index (χ2v) is 8.60. The Kier molecular flexibility index (Phi) is 5.64. The number of hydrogen-bond donors (Lipinski definition) is 0. The first-order chi connectivity index (χ1) is 14.3. The van der Waals surface area contributed by atoms with Gasteiger partial charge in [0.05, 0.1) is 35.2 Å². The fourth-order valence-electron chi connectivity index (χ4n) is 3.87. The van der Waals surface area contributed by atoms with Gasteiger partial charge in [-0.15, -0.1) is 0 Å². The van der Waals surface area contributed by atoms with Crippen LogP contribution >= 0.6 is 0 Å². The second-order valence-electron chi connectivity index (χ2n) is 8.60. The third-order valence-corrected chi connectivity index (χ3v) is 5.79. The van der Waals surface area contributed by atoms with Crippen LogP contribution in [-0.2, 0) is 24.8 Å². The number of nitrogens with zero attached hydrogens (tertiary/aromatic N) is 5. The summed E-state index contributed by atoms with van der Waals surface area (Å²) in [7, 11) is 1.97. The minimum absolute atomic E-state index is 0.0432. The lowest BCUT2D eigenvalue weighted by Gasteiger charge is -2.26. The zero-order valence-electron chi connectivity index (χ0n) is 17.9. The van der Waals surface area contributed by atoms with Crippen molar-refractivity contribution in [1.29, 1.82) is 0 Å². The minimum atomic E-state index is -1.87. The quantitative estimate of drug-likeness (QED) is 0.618. The highest BCUT2D eigenvalue weighted by molar-refractivity contribution is 5.89. The first-order valence-electron chi connectivity index (χ1n) is 10.5. The van der Waals surface area contributed by atoms with Crippen molar-refractivity contribution in [2.45, 2.75) is 51.7 Å². The lowest BCUT2D eigenvalue weighted by Crippen LogP contribution is -2.30. The van der Waals surface area contributed by atoms with Gasteiger partial charge in [-0.05, 0) is 58.0 Å². The second kappa shape index (κ2) is 8.22. The van der Waals surface area contributed by atoms with Crippen molar-refractivity contribution < 1.29 is 9.18 Å². The SMILES string of the molecule is Cn1ncc(-c2ccc3cnc(CC(=O)C(C)(C)F)cc3n2)c1CN1CCCCC1. The van der Waals surface area contributed by atoms with Crippen LogP contribution in [0.25, 0.3) is 22.2 Å². The van der Waals surface area contributed by atoms with Gasteiger partial charge >= 0.3 is 0 Å². The third kappa shape index (κ3) is 4.41. The zero-order chi connectivity index (χ0) is 21.3. The number of aromatic nitrogens is 4. The molecular formula is C23H28FN5O. The van der Waals surface area contributed by atoms with E-state index < -0.39 is 11.5 Å². The molecule has 0 N–H and O–H groups in total. The number of piperidine rings is 1. The van der Waals surface area contributed by atoms with Gasteiger partial charge < -0.3 is 0 Å². The number of pyridine rings is 2. The molecular weight excluding hydrogens is 381 g/mol. The lowest BCUT2D eigenvalue weighted by molar-refractivity contribution is -0.127. The van der Waals surface area contributed by atoms with Gasteiger partial charge in [0.15, 0.2) is 11.5 Å². The maximum Gasteiger partial charge on any atom is 0.175 e. The number of alkyl halides is 1. The molecule has 0 radical (unpaired) electrons. The van der Waals surface area contributed by atoms with Crippen molar-refractivity contribution in [1.82, 2.24) is 24.6 Å². The molecule has 0 aliphatic carbocycles. The molecule has 0 spiro atoms. The highest BCUT2D eigenvalue weighted by atomic mass is 19.1. The highest BCUT2D eigenvalue weighted by Crippen LogP contribution is 2.26. The average Bonchev–Trinajstić information content (AvgIpc) is 3.08. The average molecular weight is 410 g/mol. The van der Waals surface area contributed by atoms with E-state index in [-0.39, 0.29) is 6.42 Å². The zero-order valence-corrected chi connectivity index (χ0v) is 17.9. The standard InChI is InChI=1S/C23H28FN5O/c1-23(2,24)22(30)12-17-11-20-16(13-25-17)7-8-19(27-20)18-14-26-28(3)21(18)15-29-9-5-4-6-10-29/h7-8,11,13-14H,4-6,9-10,12,15H2,1-3H3. The molecule has 4 rings (SSSR count). The van der Waals surface area contributed by atoms with Gasteiger partial charge in [0.2, 0.25) is 0 Å². The Bertz CT molecular complexity index is 1060. The smallest absolute Gasteiger partial charge is 0.175 e. The van der Waals surface area contributed by atoms with Crippen molar-refractivity contribution >= 4 is 16.7 Å². The number of likely N-dealkylation sites (tertiary alicyclic amines) is 1. The van der Waals surface area contributed by atoms with Gasteiger partial charge in [-0.25, -0.2) is 9.37 Å². The Morgan fingerprint density at radius 3 is 2.67 bits per heavy atom. The summed E-state index contributed by atoms with van der Waals surface area (Å²) in [6.45, 7) is 5.64. The fourth-order valence-corrected chi connectivity index (χ4v) is 3.87. The number of aryl methyl sites for hydroxylation is 1. The first kappa shape index (κ1) is 20.6. The molecule has 1 aliphatic heterocycles. The van der Waals surface area contributed by atoms with Gasteiger partial charge in [0.1, 0.15) is 0 Å². The van der Waals surface area contributed by atoms with Crippen molar-refractivity contribution in [3.8, 4) is 11.3 Å². The number of fused-ring (bicyclic) bond motifs is 1. The topological polar surface area (TPSA) is 63.9 Å². The van der Waals surface area contributed by atoms with Gasteiger partial charge in [-0.2, -0.15) is 5.10 Å². The van der Waals surface area contributed by atoms with Crippen molar-refractivity contribution in [3.05, 3.63) is 42.0 Å². The molecule has 0 aromatic carbocycles. The van der Waals surface area contributed by atoms with E-state index in [1.54, 1.807) is 12.3 Å². The molecule has 30 heavy (non-hydrogen) atoms. The van der Waals surface area contributed by atoms with Crippen molar-refractivity contribution in [2.75, 3.05) is 13.1 Å². The van der Waals surface area contributed by atoms with Crippen LogP contribution in [0.5, 0.6) is 0 Å². The van der Waals surface area contributed by atoms with Crippen LogP contribution in [0.1, 0.15) is 44.5 Å². The van der Waals surface area contributed by atoms with E-state index in [0.717, 1.165) is 47.5 Å². The maximum atomic E-state index is 13.9. The third-order valence-electron chi connectivity index (χ3n) is 5.79. The van der Waals surface area contributed by atoms with E-state index in [2.05, 4.69) is 15.0 Å². The molecule has 0 bridgehead atoms. The van der Waals surface area contributed by atoms with Crippen LogP contribution in [-0.4, -0.2) is 49.2 Å². The Labute approximate surface area is 176 Å². The largest absolute Gasteiger partial charge is 0.298 e. The summed E-state index contributed by atoms with van der Waals surface area (Å²) in [5.74, 6) is -0.485. The molecule has 1 aliphatic rings. The molecule has 1 saturated heterocycles. The van der Waals surface area contributed by atoms with E-state index in [9.17, 15) is 9.18 Å². The molecule has 4 heterocycles.